The molecule has 0 bridgehead atoms. The van der Waals surface area contributed by atoms with Crippen LogP contribution in [0.2, 0.25) is 0 Å². The van der Waals surface area contributed by atoms with Crippen molar-refractivity contribution in [1.29, 1.82) is 0 Å². The van der Waals surface area contributed by atoms with Crippen molar-refractivity contribution in [3.63, 3.8) is 0 Å². The fraction of sp³-hybridized carbons (Fsp3) is 0.208. The molecule has 2 aromatic carbocycles. The fourth-order valence-corrected chi connectivity index (χ4v) is 3.89. The summed E-state index contributed by atoms with van der Waals surface area (Å²) in [6.45, 7) is 0.871. The Labute approximate surface area is 177 Å². The monoisotopic (exact) mass is 416 g/mol. The fourth-order valence-electron chi connectivity index (χ4n) is 3.89. The Kier molecular flexibility index (Phi) is 4.78. The molecule has 7 heteroatoms. The summed E-state index contributed by atoms with van der Waals surface area (Å²) in [6.07, 6.45) is 0.470. The van der Waals surface area contributed by atoms with Crippen molar-refractivity contribution in [2.24, 2.45) is 0 Å². The lowest BCUT2D eigenvalue weighted by Gasteiger charge is -2.17. The van der Waals surface area contributed by atoms with Crippen LogP contribution in [0.4, 0.5) is 0 Å². The van der Waals surface area contributed by atoms with E-state index in [2.05, 4.69) is 4.98 Å². The van der Waals surface area contributed by atoms with E-state index in [9.17, 15) is 9.59 Å². The number of likely N-dealkylation sites (tertiary alicyclic amines) is 1. The summed E-state index contributed by atoms with van der Waals surface area (Å²) in [6, 6.07) is 18.4. The molecule has 1 saturated heterocycles. The summed E-state index contributed by atoms with van der Waals surface area (Å²) in [5.74, 6) is 0.609. The maximum Gasteiger partial charge on any atom is 0.349 e. The van der Waals surface area contributed by atoms with Crippen LogP contribution in [0.1, 0.15) is 16.8 Å². The Morgan fingerprint density at radius 3 is 2.81 bits per heavy atom. The average Bonchev–Trinajstić information content (AvgIpc) is 3.26. The van der Waals surface area contributed by atoms with Gasteiger partial charge in [-0.05, 0) is 24.3 Å². The number of aromatic nitrogens is 1. The quantitative estimate of drug-likeness (QED) is 0.473. The number of pyridine rings is 1. The van der Waals surface area contributed by atoms with E-state index in [-0.39, 0.29) is 17.6 Å². The zero-order valence-corrected chi connectivity index (χ0v) is 16.9. The molecule has 31 heavy (non-hydrogen) atoms. The van der Waals surface area contributed by atoms with Gasteiger partial charge < -0.3 is 18.8 Å². The zero-order chi connectivity index (χ0) is 21.4. The van der Waals surface area contributed by atoms with Crippen LogP contribution >= 0.6 is 0 Å². The van der Waals surface area contributed by atoms with Gasteiger partial charge in [0.15, 0.2) is 11.3 Å². The lowest BCUT2D eigenvalue weighted by molar-refractivity contribution is 0.0767. The van der Waals surface area contributed by atoms with E-state index in [0.717, 1.165) is 10.9 Å². The van der Waals surface area contributed by atoms with Gasteiger partial charge in [-0.1, -0.05) is 30.3 Å². The predicted octanol–water partition coefficient (Wildman–Crippen LogP) is 3.64. The lowest BCUT2D eigenvalue weighted by Crippen LogP contribution is -2.33. The molecule has 1 atom stereocenters. The maximum atomic E-state index is 13.0. The molecule has 1 fully saturated rings. The molecule has 5 rings (SSSR count). The molecule has 2 aromatic heterocycles. The summed E-state index contributed by atoms with van der Waals surface area (Å²) in [5.41, 5.74) is 0.513. The number of rotatable bonds is 4. The number of amides is 1. The number of carbonyl (C=O) groups excluding carboxylic acids is 1. The number of para-hydroxylation sites is 2. The number of carbonyl (C=O) groups is 1. The zero-order valence-electron chi connectivity index (χ0n) is 16.9. The Morgan fingerprint density at radius 2 is 1.94 bits per heavy atom. The molecule has 7 nitrogen and oxygen atoms in total. The van der Waals surface area contributed by atoms with E-state index in [0.29, 0.717) is 42.1 Å². The van der Waals surface area contributed by atoms with Gasteiger partial charge in [0.05, 0.1) is 19.2 Å². The molecule has 0 spiro atoms. The highest BCUT2D eigenvalue weighted by Crippen LogP contribution is 2.26. The first-order chi connectivity index (χ1) is 15.1. The van der Waals surface area contributed by atoms with Crippen molar-refractivity contribution in [3.8, 4) is 11.6 Å². The van der Waals surface area contributed by atoms with Gasteiger partial charge in [0.1, 0.15) is 11.7 Å². The first-order valence-corrected chi connectivity index (χ1v) is 10.0. The second kappa shape index (κ2) is 7.75. The van der Waals surface area contributed by atoms with E-state index in [1.807, 2.05) is 36.4 Å². The summed E-state index contributed by atoms with van der Waals surface area (Å²) < 4.78 is 16.6. The molecule has 1 aliphatic rings. The van der Waals surface area contributed by atoms with E-state index in [1.165, 1.54) is 7.11 Å². The number of nitrogens with zero attached hydrogens (tertiary/aromatic N) is 2. The molecular weight excluding hydrogens is 396 g/mol. The summed E-state index contributed by atoms with van der Waals surface area (Å²) >= 11 is 0. The van der Waals surface area contributed by atoms with E-state index in [1.54, 1.807) is 29.2 Å². The number of benzene rings is 2. The third-order valence-electron chi connectivity index (χ3n) is 5.47. The van der Waals surface area contributed by atoms with Gasteiger partial charge in [0, 0.05) is 29.8 Å². The Morgan fingerprint density at radius 1 is 1.10 bits per heavy atom. The first kappa shape index (κ1) is 19.1. The van der Waals surface area contributed by atoms with Crippen LogP contribution in [-0.2, 0) is 0 Å². The standard InChI is InChI=1S/C24H20N2O5/c1-29-20-8-4-6-16-13-18(24(28)31-22(16)20)23(27)26-12-11-17(14-26)30-21-10-9-15-5-2-3-7-19(15)25-21/h2-10,13,17H,11-12,14H2,1H3. The molecule has 0 radical (unpaired) electrons. The van der Waals surface area contributed by atoms with Crippen LogP contribution in [0.5, 0.6) is 11.6 Å². The lowest BCUT2D eigenvalue weighted by atomic mass is 10.1. The molecule has 1 amide bonds. The molecule has 0 N–H and O–H groups in total. The number of hydrogen-bond acceptors (Lipinski definition) is 6. The van der Waals surface area contributed by atoms with Gasteiger partial charge in [-0.25, -0.2) is 9.78 Å². The van der Waals surface area contributed by atoms with E-state index < -0.39 is 5.63 Å². The van der Waals surface area contributed by atoms with Gasteiger partial charge in [-0.3, -0.25) is 4.79 Å². The van der Waals surface area contributed by atoms with E-state index in [4.69, 9.17) is 13.9 Å². The topological polar surface area (TPSA) is 81.9 Å². The van der Waals surface area contributed by atoms with Crippen LogP contribution in [0.15, 0.2) is 69.9 Å². The van der Waals surface area contributed by atoms with Gasteiger partial charge in [-0.15, -0.1) is 0 Å². The third kappa shape index (κ3) is 3.59. The van der Waals surface area contributed by atoms with Gasteiger partial charge in [-0.2, -0.15) is 0 Å². The molecule has 0 aliphatic carbocycles. The molecule has 4 aromatic rings. The second-order valence-electron chi connectivity index (χ2n) is 7.45. The third-order valence-corrected chi connectivity index (χ3v) is 5.47. The highest BCUT2D eigenvalue weighted by atomic mass is 16.5. The van der Waals surface area contributed by atoms with Gasteiger partial charge in [0.2, 0.25) is 5.88 Å². The SMILES string of the molecule is COc1cccc2cc(C(=O)N3CCC(Oc4ccc5ccccc5n4)C3)c(=O)oc12. The molecule has 0 saturated carbocycles. The van der Waals surface area contributed by atoms with Crippen molar-refractivity contribution < 1.29 is 18.7 Å². The minimum absolute atomic E-state index is 0.00485. The van der Waals surface area contributed by atoms with Gasteiger partial charge in [0.25, 0.3) is 5.91 Å². The van der Waals surface area contributed by atoms with E-state index >= 15 is 0 Å². The number of fused-ring (bicyclic) bond motifs is 2. The smallest absolute Gasteiger partial charge is 0.349 e. The van der Waals surface area contributed by atoms with Crippen molar-refractivity contribution >= 4 is 27.8 Å². The molecule has 1 unspecified atom stereocenters. The predicted molar refractivity (Wildman–Crippen MR) is 116 cm³/mol. The average molecular weight is 416 g/mol. The maximum absolute atomic E-state index is 13.0. The van der Waals surface area contributed by atoms with Crippen molar-refractivity contribution in [1.82, 2.24) is 9.88 Å². The van der Waals surface area contributed by atoms with Crippen LogP contribution in [-0.4, -0.2) is 42.1 Å². The van der Waals surface area contributed by atoms with Crippen molar-refractivity contribution in [3.05, 3.63) is 76.6 Å². The number of ether oxygens (including phenoxy) is 2. The van der Waals surface area contributed by atoms with Crippen LogP contribution in [0, 0.1) is 0 Å². The normalized spacial score (nSPS) is 16.0. The van der Waals surface area contributed by atoms with Crippen LogP contribution in [0.3, 0.4) is 0 Å². The highest BCUT2D eigenvalue weighted by Gasteiger charge is 2.30. The second-order valence-corrected chi connectivity index (χ2v) is 7.45. The minimum Gasteiger partial charge on any atom is -0.493 e. The largest absolute Gasteiger partial charge is 0.493 e. The Bertz CT molecular complexity index is 1350. The van der Waals surface area contributed by atoms with Crippen LogP contribution < -0.4 is 15.1 Å². The molecule has 3 heterocycles. The Hall–Kier alpha value is -3.87. The molecule has 156 valence electrons. The van der Waals surface area contributed by atoms with Gasteiger partial charge >= 0.3 is 5.63 Å². The van der Waals surface area contributed by atoms with Crippen LogP contribution in [0.25, 0.3) is 21.9 Å². The summed E-state index contributed by atoms with van der Waals surface area (Å²) in [7, 11) is 1.50. The highest BCUT2D eigenvalue weighted by molar-refractivity contribution is 5.97. The number of methoxy groups -OCH3 is 1. The summed E-state index contributed by atoms with van der Waals surface area (Å²) in [5, 5.41) is 1.67. The van der Waals surface area contributed by atoms with Crippen molar-refractivity contribution in [2.75, 3.05) is 20.2 Å². The summed E-state index contributed by atoms with van der Waals surface area (Å²) in [4.78, 5) is 31.6. The Balaban J connectivity index is 1.34. The number of hydrogen-bond donors (Lipinski definition) is 0. The van der Waals surface area contributed by atoms with Crippen molar-refractivity contribution in [2.45, 2.75) is 12.5 Å². The molecule has 1 aliphatic heterocycles. The first-order valence-electron chi connectivity index (χ1n) is 10.0. The molecular formula is C24H20N2O5. The minimum atomic E-state index is -0.678.